The summed E-state index contributed by atoms with van der Waals surface area (Å²) in [6.07, 6.45) is -1.42. The molecule has 0 saturated carbocycles. The highest BCUT2D eigenvalue weighted by Crippen LogP contribution is 2.31. The van der Waals surface area contributed by atoms with Gasteiger partial charge in [0.25, 0.3) is 5.91 Å². The van der Waals surface area contributed by atoms with Crippen molar-refractivity contribution >= 4 is 34.8 Å². The van der Waals surface area contributed by atoms with E-state index in [-0.39, 0.29) is 17.1 Å². The molecule has 0 bridgehead atoms. The lowest BCUT2D eigenvalue weighted by molar-refractivity contribution is -0.137. The summed E-state index contributed by atoms with van der Waals surface area (Å²) >= 11 is 0. The molecule has 1 fully saturated rings. The Labute approximate surface area is 224 Å². The highest BCUT2D eigenvalue weighted by atomic mass is 19.4. The standard InChI is InChI=1S/C27H29F3N8O/c1-4-32-22-16-33-26(38-12-10-37(3)11-13-38)36-23(22)24(31)35-21-14-18(9-8-17(21)2)25(39)34-20-7-5-6-19(15-20)27(28,29)30/h4-9,14-16,32H,1,10-13H2,2-3H3,(H2,31,35)(H,34,39). The molecular formula is C27H29F3N8O. The Kier molecular flexibility index (Phi) is 8.15. The van der Waals surface area contributed by atoms with E-state index in [9.17, 15) is 18.0 Å². The third-order valence-electron chi connectivity index (χ3n) is 6.22. The summed E-state index contributed by atoms with van der Waals surface area (Å²) in [6, 6.07) is 9.21. The summed E-state index contributed by atoms with van der Waals surface area (Å²) in [5.74, 6) is 0.0326. The van der Waals surface area contributed by atoms with Crippen molar-refractivity contribution in [3.05, 3.63) is 83.8 Å². The van der Waals surface area contributed by atoms with Gasteiger partial charge in [-0.25, -0.2) is 15.0 Å². The molecule has 2 aromatic carbocycles. The predicted molar refractivity (Wildman–Crippen MR) is 147 cm³/mol. The van der Waals surface area contributed by atoms with Gasteiger partial charge >= 0.3 is 6.18 Å². The summed E-state index contributed by atoms with van der Waals surface area (Å²) in [5.41, 5.74) is 7.81. The van der Waals surface area contributed by atoms with Crippen LogP contribution < -0.4 is 21.3 Å². The second kappa shape index (κ2) is 11.5. The number of nitrogens with zero attached hydrogens (tertiary/aromatic N) is 5. The van der Waals surface area contributed by atoms with Crippen LogP contribution in [0, 0.1) is 6.92 Å². The Morgan fingerprint density at radius 1 is 1.15 bits per heavy atom. The van der Waals surface area contributed by atoms with Gasteiger partial charge in [0.15, 0.2) is 5.84 Å². The number of piperazine rings is 1. The molecule has 2 heterocycles. The first-order valence-electron chi connectivity index (χ1n) is 12.2. The Morgan fingerprint density at radius 3 is 2.59 bits per heavy atom. The molecule has 1 amide bonds. The topological polar surface area (TPSA) is 112 Å². The van der Waals surface area contributed by atoms with Crippen molar-refractivity contribution in [2.24, 2.45) is 10.7 Å². The number of hydrogen-bond acceptors (Lipinski definition) is 7. The SMILES string of the molecule is C=CNc1cnc(N2CCN(C)CC2)nc1C(N)=Nc1cc(C(=O)Nc2cccc(C(F)(F)F)c2)ccc1C. The van der Waals surface area contributed by atoms with Crippen LogP contribution in [0.25, 0.3) is 0 Å². The first kappa shape index (κ1) is 27.6. The van der Waals surface area contributed by atoms with Gasteiger partial charge in [-0.3, -0.25) is 4.79 Å². The van der Waals surface area contributed by atoms with Crippen molar-refractivity contribution in [1.29, 1.82) is 0 Å². The van der Waals surface area contributed by atoms with Crippen LogP contribution >= 0.6 is 0 Å². The lowest BCUT2D eigenvalue weighted by Crippen LogP contribution is -2.45. The third-order valence-corrected chi connectivity index (χ3v) is 6.22. The highest BCUT2D eigenvalue weighted by molar-refractivity contribution is 6.06. The maximum absolute atomic E-state index is 13.0. The molecule has 0 unspecified atom stereocenters. The van der Waals surface area contributed by atoms with Crippen molar-refractivity contribution in [1.82, 2.24) is 14.9 Å². The summed E-state index contributed by atoms with van der Waals surface area (Å²) in [4.78, 5) is 30.8. The molecular weight excluding hydrogens is 509 g/mol. The molecule has 0 radical (unpaired) electrons. The van der Waals surface area contributed by atoms with E-state index in [0.29, 0.717) is 23.0 Å². The molecule has 1 aliphatic rings. The van der Waals surface area contributed by atoms with Crippen LogP contribution in [0.5, 0.6) is 0 Å². The molecule has 0 atom stereocenters. The predicted octanol–water partition coefficient (Wildman–Crippen LogP) is 4.40. The molecule has 1 saturated heterocycles. The number of nitrogens with two attached hydrogens (primary N) is 1. The fraction of sp³-hybridized carbons (Fsp3) is 0.259. The molecule has 0 aliphatic carbocycles. The van der Waals surface area contributed by atoms with Gasteiger partial charge in [0.1, 0.15) is 5.69 Å². The fourth-order valence-corrected chi connectivity index (χ4v) is 3.97. The number of benzene rings is 2. The van der Waals surface area contributed by atoms with Gasteiger partial charge in [0, 0.05) is 37.4 Å². The van der Waals surface area contributed by atoms with Crippen LogP contribution in [0.4, 0.5) is 36.2 Å². The number of amidine groups is 1. The summed E-state index contributed by atoms with van der Waals surface area (Å²) in [7, 11) is 2.06. The van der Waals surface area contributed by atoms with Gasteiger partial charge in [0.05, 0.1) is 23.1 Å². The van der Waals surface area contributed by atoms with E-state index in [4.69, 9.17) is 5.73 Å². The quantitative estimate of drug-likeness (QED) is 0.302. The molecule has 3 aromatic rings. The lowest BCUT2D eigenvalue weighted by Gasteiger charge is -2.32. The largest absolute Gasteiger partial charge is 0.416 e. The number of amides is 1. The van der Waals surface area contributed by atoms with Crippen LogP contribution in [0.2, 0.25) is 0 Å². The first-order chi connectivity index (χ1) is 18.5. The van der Waals surface area contributed by atoms with E-state index >= 15 is 0 Å². The van der Waals surface area contributed by atoms with Gasteiger partial charge in [-0.05, 0) is 56.1 Å². The molecule has 9 nitrogen and oxygen atoms in total. The maximum Gasteiger partial charge on any atom is 0.416 e. The summed E-state index contributed by atoms with van der Waals surface area (Å²) in [5, 5.41) is 5.48. The maximum atomic E-state index is 13.0. The Bertz CT molecular complexity index is 1400. The van der Waals surface area contributed by atoms with Crippen molar-refractivity contribution < 1.29 is 18.0 Å². The van der Waals surface area contributed by atoms with E-state index in [2.05, 4.69) is 49.0 Å². The summed E-state index contributed by atoms with van der Waals surface area (Å²) < 4.78 is 39.1. The van der Waals surface area contributed by atoms with E-state index in [1.165, 1.54) is 24.4 Å². The van der Waals surface area contributed by atoms with Crippen molar-refractivity contribution in [2.45, 2.75) is 13.1 Å². The first-order valence-corrected chi connectivity index (χ1v) is 12.2. The molecule has 204 valence electrons. The number of alkyl halides is 3. The molecule has 1 aliphatic heterocycles. The minimum atomic E-state index is -4.52. The van der Waals surface area contributed by atoms with E-state index in [1.54, 1.807) is 25.3 Å². The van der Waals surface area contributed by atoms with E-state index in [0.717, 1.165) is 43.9 Å². The van der Waals surface area contributed by atoms with Gasteiger partial charge in [0.2, 0.25) is 5.95 Å². The van der Waals surface area contributed by atoms with Crippen molar-refractivity contribution in [3.63, 3.8) is 0 Å². The second-order valence-corrected chi connectivity index (χ2v) is 9.10. The molecule has 4 rings (SSSR count). The number of aromatic nitrogens is 2. The third kappa shape index (κ3) is 6.71. The van der Waals surface area contributed by atoms with Crippen LogP contribution in [0.1, 0.15) is 27.2 Å². The smallest absolute Gasteiger partial charge is 0.382 e. The minimum absolute atomic E-state index is 0.0255. The van der Waals surface area contributed by atoms with Gasteiger partial charge < -0.3 is 26.2 Å². The number of hydrogen-bond donors (Lipinski definition) is 3. The number of carbonyl (C=O) groups excluding carboxylic acids is 1. The number of nitrogens with one attached hydrogen (secondary N) is 2. The number of aliphatic imine (C=N–C) groups is 1. The molecule has 12 heteroatoms. The Morgan fingerprint density at radius 2 is 1.90 bits per heavy atom. The summed E-state index contributed by atoms with van der Waals surface area (Å²) in [6.45, 7) is 8.79. The second-order valence-electron chi connectivity index (χ2n) is 9.10. The van der Waals surface area contributed by atoms with Gasteiger partial charge in [-0.1, -0.05) is 18.7 Å². The number of aryl methyl sites for hydroxylation is 1. The number of halogens is 3. The normalized spacial score (nSPS) is 14.7. The number of likely N-dealkylation sites (N-methyl/N-ethyl adjacent to an activating group) is 1. The molecule has 4 N–H and O–H groups in total. The fourth-order valence-electron chi connectivity index (χ4n) is 3.97. The van der Waals surface area contributed by atoms with Gasteiger partial charge in [-0.2, -0.15) is 13.2 Å². The average molecular weight is 539 g/mol. The van der Waals surface area contributed by atoms with E-state index in [1.807, 2.05) is 0 Å². The zero-order valence-electron chi connectivity index (χ0n) is 21.6. The Hall–Kier alpha value is -4.45. The average Bonchev–Trinajstić information content (AvgIpc) is 2.90. The highest BCUT2D eigenvalue weighted by Gasteiger charge is 2.30. The zero-order valence-corrected chi connectivity index (χ0v) is 21.6. The lowest BCUT2D eigenvalue weighted by atomic mass is 10.1. The van der Waals surface area contributed by atoms with Crippen molar-refractivity contribution in [3.8, 4) is 0 Å². The molecule has 1 aromatic heterocycles. The molecule has 39 heavy (non-hydrogen) atoms. The number of anilines is 3. The van der Waals surface area contributed by atoms with Crippen LogP contribution in [-0.2, 0) is 6.18 Å². The van der Waals surface area contributed by atoms with Gasteiger partial charge in [-0.15, -0.1) is 0 Å². The minimum Gasteiger partial charge on any atom is -0.382 e. The van der Waals surface area contributed by atoms with Crippen LogP contribution in [0.15, 0.2) is 66.4 Å². The zero-order chi connectivity index (χ0) is 28.2. The van der Waals surface area contributed by atoms with Crippen LogP contribution in [0.3, 0.4) is 0 Å². The van der Waals surface area contributed by atoms with Crippen molar-refractivity contribution in [2.75, 3.05) is 48.8 Å². The number of carbonyl (C=O) groups is 1. The molecule has 0 spiro atoms. The Balaban J connectivity index is 1.62. The van der Waals surface area contributed by atoms with Crippen LogP contribution in [-0.4, -0.2) is 59.8 Å². The number of rotatable bonds is 7. The monoisotopic (exact) mass is 538 g/mol. The van der Waals surface area contributed by atoms with E-state index < -0.39 is 17.6 Å².